The molecule has 210 valence electrons. The molecule has 4 atom stereocenters. The molecule has 0 spiro atoms. The van der Waals surface area contributed by atoms with Crippen LogP contribution in [-0.2, 0) is 10.3 Å². The highest BCUT2D eigenvalue weighted by molar-refractivity contribution is 6.31. The molecule has 1 aliphatic heterocycles. The van der Waals surface area contributed by atoms with Crippen LogP contribution in [0, 0.1) is 17.0 Å². The number of likely N-dealkylation sites (N-methyl/N-ethyl adjacent to an activating group) is 1. The van der Waals surface area contributed by atoms with Gasteiger partial charge in [0.1, 0.15) is 11.6 Å². The molecule has 4 N–H and O–H groups in total. The number of hydrogen-bond donors (Lipinski definition) is 4. The Kier molecular flexibility index (Phi) is 10.2. The topological polar surface area (TPSA) is 84.8 Å². The van der Waals surface area contributed by atoms with Gasteiger partial charge in [-0.2, -0.15) is 0 Å². The third-order valence-corrected chi connectivity index (χ3v) is 7.77. The SMILES string of the molecule is CNC1(c2ccc(Cl)cc2F)C(c2cccc(Cl)c2F)CN(CC(=O)NCCC(O)CO)C1CC(C)(C)C. The van der Waals surface area contributed by atoms with Gasteiger partial charge in [0, 0.05) is 35.6 Å². The molecule has 2 aromatic carbocycles. The molecule has 2 aromatic rings. The smallest absolute Gasteiger partial charge is 0.234 e. The Labute approximate surface area is 233 Å². The molecule has 1 fully saturated rings. The van der Waals surface area contributed by atoms with Crippen LogP contribution in [0.3, 0.4) is 0 Å². The first-order valence-electron chi connectivity index (χ1n) is 12.7. The highest BCUT2D eigenvalue weighted by Crippen LogP contribution is 2.52. The number of carbonyl (C=O) groups is 1. The van der Waals surface area contributed by atoms with E-state index >= 15 is 8.78 Å². The fraction of sp³-hybridized carbons (Fsp3) is 0.536. The summed E-state index contributed by atoms with van der Waals surface area (Å²) in [6, 6.07) is 8.86. The second kappa shape index (κ2) is 12.6. The fourth-order valence-electron chi connectivity index (χ4n) is 5.58. The van der Waals surface area contributed by atoms with Crippen LogP contribution in [0.4, 0.5) is 8.78 Å². The van der Waals surface area contributed by atoms with Gasteiger partial charge in [-0.1, -0.05) is 62.2 Å². The summed E-state index contributed by atoms with van der Waals surface area (Å²) >= 11 is 12.3. The zero-order valence-electron chi connectivity index (χ0n) is 22.2. The molecule has 1 saturated heterocycles. The fourth-order valence-corrected chi connectivity index (χ4v) is 5.92. The standard InChI is InChI=1S/C28H37Cl2F2N3O3/c1-27(2,3)13-24-28(33-4,20-9-8-17(29)12-23(20)31)21(19-6-5-7-22(30)26(19)32)14-35(24)15-25(38)34-11-10-18(37)16-36/h5-9,12,18,21,24,33,36-37H,10-11,13-16H2,1-4H3,(H,34,38). The van der Waals surface area contributed by atoms with Crippen molar-refractivity contribution in [1.82, 2.24) is 15.5 Å². The zero-order valence-corrected chi connectivity index (χ0v) is 23.7. The molecule has 1 heterocycles. The van der Waals surface area contributed by atoms with Crippen LogP contribution in [0.1, 0.15) is 50.7 Å². The largest absolute Gasteiger partial charge is 0.394 e. The Morgan fingerprint density at radius 1 is 1.24 bits per heavy atom. The first kappa shape index (κ1) is 30.7. The van der Waals surface area contributed by atoms with Crippen LogP contribution in [0.5, 0.6) is 0 Å². The van der Waals surface area contributed by atoms with Crippen LogP contribution < -0.4 is 10.6 Å². The van der Waals surface area contributed by atoms with E-state index in [1.165, 1.54) is 12.1 Å². The van der Waals surface area contributed by atoms with Crippen LogP contribution in [0.15, 0.2) is 36.4 Å². The number of carbonyl (C=O) groups excluding carboxylic acids is 1. The van der Waals surface area contributed by atoms with Gasteiger partial charge in [-0.15, -0.1) is 0 Å². The molecule has 1 amide bonds. The van der Waals surface area contributed by atoms with Crippen LogP contribution in [0.2, 0.25) is 10.0 Å². The number of aliphatic hydroxyl groups excluding tert-OH is 2. The number of hydrogen-bond acceptors (Lipinski definition) is 5. The van der Waals surface area contributed by atoms with E-state index in [-0.39, 0.29) is 54.0 Å². The number of benzene rings is 2. The normalized spacial score (nSPS) is 23.0. The number of amides is 1. The second-order valence-electron chi connectivity index (χ2n) is 11.1. The van der Waals surface area contributed by atoms with Crippen molar-refractivity contribution in [3.63, 3.8) is 0 Å². The predicted molar refractivity (Wildman–Crippen MR) is 146 cm³/mol. The van der Waals surface area contributed by atoms with E-state index in [9.17, 15) is 9.90 Å². The maximum Gasteiger partial charge on any atom is 0.234 e. The van der Waals surface area contributed by atoms with Crippen molar-refractivity contribution in [2.75, 3.05) is 33.3 Å². The van der Waals surface area contributed by atoms with Crippen molar-refractivity contribution in [2.24, 2.45) is 5.41 Å². The highest BCUT2D eigenvalue weighted by Gasteiger charge is 2.57. The minimum atomic E-state index is -1.12. The number of nitrogens with one attached hydrogen (secondary N) is 2. The Bertz CT molecular complexity index is 1130. The summed E-state index contributed by atoms with van der Waals surface area (Å²) in [5.74, 6) is -1.99. The third kappa shape index (κ3) is 6.66. The summed E-state index contributed by atoms with van der Waals surface area (Å²) in [5, 5.41) is 25.0. The predicted octanol–water partition coefficient (Wildman–Crippen LogP) is 4.45. The minimum absolute atomic E-state index is 0.0205. The molecule has 4 unspecified atom stereocenters. The lowest BCUT2D eigenvalue weighted by atomic mass is 9.69. The van der Waals surface area contributed by atoms with Crippen molar-refractivity contribution in [3.05, 3.63) is 69.2 Å². The molecule has 38 heavy (non-hydrogen) atoms. The van der Waals surface area contributed by atoms with Crippen LogP contribution in [0.25, 0.3) is 0 Å². The number of halogens is 4. The van der Waals surface area contributed by atoms with E-state index in [0.717, 1.165) is 0 Å². The van der Waals surface area contributed by atoms with Gasteiger partial charge in [0.15, 0.2) is 0 Å². The average Bonchev–Trinajstić information content (AvgIpc) is 3.12. The molecular formula is C28H37Cl2F2N3O3. The van der Waals surface area contributed by atoms with Crippen LogP contribution in [-0.4, -0.2) is 66.5 Å². The minimum Gasteiger partial charge on any atom is -0.394 e. The Balaban J connectivity index is 2.13. The summed E-state index contributed by atoms with van der Waals surface area (Å²) in [6.07, 6.45) is -0.151. The van der Waals surface area contributed by atoms with Crippen molar-refractivity contribution in [1.29, 1.82) is 0 Å². The van der Waals surface area contributed by atoms with Crippen molar-refractivity contribution in [3.8, 4) is 0 Å². The average molecular weight is 573 g/mol. The Morgan fingerprint density at radius 2 is 1.95 bits per heavy atom. The first-order chi connectivity index (χ1) is 17.8. The second-order valence-corrected chi connectivity index (χ2v) is 12.0. The lowest BCUT2D eigenvalue weighted by Crippen LogP contribution is -2.55. The van der Waals surface area contributed by atoms with Gasteiger partial charge in [0.2, 0.25) is 5.91 Å². The van der Waals surface area contributed by atoms with E-state index in [1.807, 2.05) is 4.90 Å². The number of likely N-dealkylation sites (tertiary alicyclic amines) is 1. The van der Waals surface area contributed by atoms with Gasteiger partial charge in [0.25, 0.3) is 0 Å². The quantitative estimate of drug-likeness (QED) is 0.338. The van der Waals surface area contributed by atoms with Gasteiger partial charge < -0.3 is 20.8 Å². The molecule has 0 radical (unpaired) electrons. The molecule has 10 heteroatoms. The molecular weight excluding hydrogens is 535 g/mol. The summed E-state index contributed by atoms with van der Waals surface area (Å²) in [7, 11) is 1.72. The Hall–Kier alpha value is -1.81. The third-order valence-electron chi connectivity index (χ3n) is 7.24. The molecule has 3 rings (SSSR count). The van der Waals surface area contributed by atoms with E-state index in [2.05, 4.69) is 31.4 Å². The summed E-state index contributed by atoms with van der Waals surface area (Å²) in [6.45, 7) is 6.23. The number of aliphatic hydroxyl groups is 2. The molecule has 0 aliphatic carbocycles. The van der Waals surface area contributed by atoms with Crippen LogP contribution >= 0.6 is 23.2 Å². The molecule has 0 saturated carbocycles. The van der Waals surface area contributed by atoms with Crippen molar-refractivity contribution in [2.45, 2.75) is 57.2 Å². The van der Waals surface area contributed by atoms with Gasteiger partial charge in [-0.3, -0.25) is 9.69 Å². The monoisotopic (exact) mass is 571 g/mol. The molecule has 0 bridgehead atoms. The van der Waals surface area contributed by atoms with E-state index in [0.29, 0.717) is 17.5 Å². The molecule has 6 nitrogen and oxygen atoms in total. The van der Waals surface area contributed by atoms with E-state index < -0.39 is 35.2 Å². The van der Waals surface area contributed by atoms with Gasteiger partial charge >= 0.3 is 0 Å². The Morgan fingerprint density at radius 3 is 2.55 bits per heavy atom. The van der Waals surface area contributed by atoms with Gasteiger partial charge in [-0.25, -0.2) is 8.78 Å². The maximum atomic E-state index is 15.7. The van der Waals surface area contributed by atoms with E-state index in [1.54, 1.807) is 31.3 Å². The summed E-state index contributed by atoms with van der Waals surface area (Å²) in [5.41, 5.74) is -0.691. The van der Waals surface area contributed by atoms with E-state index in [4.69, 9.17) is 28.3 Å². The maximum absolute atomic E-state index is 15.7. The highest BCUT2D eigenvalue weighted by atomic mass is 35.5. The first-order valence-corrected chi connectivity index (χ1v) is 13.5. The molecule has 0 aromatic heterocycles. The summed E-state index contributed by atoms with van der Waals surface area (Å²) in [4.78, 5) is 14.9. The van der Waals surface area contributed by atoms with Crippen molar-refractivity contribution >= 4 is 29.1 Å². The number of rotatable bonds is 10. The lowest BCUT2D eigenvalue weighted by molar-refractivity contribution is -0.122. The molecule has 1 aliphatic rings. The van der Waals surface area contributed by atoms with Crippen molar-refractivity contribution < 1.29 is 23.8 Å². The lowest BCUT2D eigenvalue weighted by Gasteiger charge is -2.44. The zero-order chi connectivity index (χ0) is 28.3. The van der Waals surface area contributed by atoms with Gasteiger partial charge in [-0.05, 0) is 49.1 Å². The summed E-state index contributed by atoms with van der Waals surface area (Å²) < 4.78 is 31.2. The number of nitrogens with zero attached hydrogens (tertiary/aromatic N) is 1. The van der Waals surface area contributed by atoms with Gasteiger partial charge in [0.05, 0.1) is 29.8 Å².